The monoisotopic (exact) mass is 278 g/mol. The summed E-state index contributed by atoms with van der Waals surface area (Å²) in [4.78, 5) is 11.1. The van der Waals surface area contributed by atoms with Gasteiger partial charge < -0.3 is 15.5 Å². The fourth-order valence-corrected chi connectivity index (χ4v) is 3.21. The van der Waals surface area contributed by atoms with Gasteiger partial charge in [0.05, 0.1) is 6.20 Å². The molecule has 19 heavy (non-hydrogen) atoms. The van der Waals surface area contributed by atoms with Gasteiger partial charge in [-0.25, -0.2) is 9.97 Å². The van der Waals surface area contributed by atoms with E-state index in [1.165, 1.54) is 24.6 Å². The number of fused-ring (bicyclic) bond motifs is 1. The van der Waals surface area contributed by atoms with Crippen molar-refractivity contribution < 1.29 is 0 Å². The van der Waals surface area contributed by atoms with Crippen LogP contribution in [0.1, 0.15) is 0 Å². The van der Waals surface area contributed by atoms with E-state index in [0.717, 1.165) is 24.6 Å². The number of nitrogens with two attached hydrogens (primary N) is 1. The minimum atomic E-state index is 0.502. The number of nitrogens with one attached hydrogen (secondary N) is 1. The molecule has 3 rings (SSSR count). The number of nitrogen functional groups attached to an aromatic ring is 1. The smallest absolute Gasteiger partial charge is 0.180 e. The molecule has 0 saturated carbocycles. The second kappa shape index (κ2) is 5.66. The number of hydrogen-bond acceptors (Lipinski definition) is 6. The van der Waals surface area contributed by atoms with Gasteiger partial charge in [0.15, 0.2) is 11.5 Å². The predicted octanol–water partition coefficient (Wildman–Crippen LogP) is 0.772. The Balaban J connectivity index is 1.63. The lowest BCUT2D eigenvalue weighted by atomic mass is 10.4. The average molecular weight is 278 g/mol. The van der Waals surface area contributed by atoms with E-state index in [1.807, 2.05) is 22.4 Å². The molecule has 1 aliphatic heterocycles. The van der Waals surface area contributed by atoms with E-state index in [-0.39, 0.29) is 0 Å². The van der Waals surface area contributed by atoms with Crippen molar-refractivity contribution in [1.29, 1.82) is 0 Å². The molecule has 1 fully saturated rings. The zero-order valence-electron chi connectivity index (χ0n) is 10.7. The molecule has 0 bridgehead atoms. The fraction of sp³-hybridized carbons (Fsp3) is 0.500. The maximum Gasteiger partial charge on any atom is 0.180 e. The molecule has 7 heteroatoms. The Kier molecular flexibility index (Phi) is 3.74. The highest BCUT2D eigenvalue weighted by Crippen LogP contribution is 2.14. The number of hydrogen-bond donors (Lipinski definition) is 2. The Labute approximate surface area is 116 Å². The summed E-state index contributed by atoms with van der Waals surface area (Å²) >= 11 is 2.03. The zero-order valence-corrected chi connectivity index (χ0v) is 11.6. The number of thioether (sulfide) groups is 1. The molecule has 3 N–H and O–H groups in total. The molecule has 2 aromatic heterocycles. The van der Waals surface area contributed by atoms with E-state index in [9.17, 15) is 0 Å². The van der Waals surface area contributed by atoms with Crippen LogP contribution in [-0.2, 0) is 0 Å². The van der Waals surface area contributed by atoms with Gasteiger partial charge in [-0.1, -0.05) is 0 Å². The van der Waals surface area contributed by atoms with Crippen molar-refractivity contribution in [3.63, 3.8) is 0 Å². The predicted molar refractivity (Wildman–Crippen MR) is 79.7 cm³/mol. The van der Waals surface area contributed by atoms with Crippen LogP contribution in [0, 0.1) is 0 Å². The number of aromatic nitrogens is 3. The van der Waals surface area contributed by atoms with E-state index in [1.54, 1.807) is 12.4 Å². The van der Waals surface area contributed by atoms with Gasteiger partial charge in [0.1, 0.15) is 5.82 Å². The lowest BCUT2D eigenvalue weighted by Gasteiger charge is -2.26. The van der Waals surface area contributed by atoms with Gasteiger partial charge in [-0.3, -0.25) is 4.90 Å². The summed E-state index contributed by atoms with van der Waals surface area (Å²) in [7, 11) is 0. The van der Waals surface area contributed by atoms with Gasteiger partial charge in [0.25, 0.3) is 0 Å². The van der Waals surface area contributed by atoms with E-state index in [2.05, 4.69) is 20.2 Å². The molecule has 6 nitrogen and oxygen atoms in total. The molecule has 0 aromatic carbocycles. The van der Waals surface area contributed by atoms with Crippen molar-refractivity contribution in [2.24, 2.45) is 0 Å². The van der Waals surface area contributed by atoms with Crippen LogP contribution in [0.5, 0.6) is 0 Å². The molecule has 1 aliphatic rings. The highest BCUT2D eigenvalue weighted by atomic mass is 32.2. The van der Waals surface area contributed by atoms with Crippen molar-refractivity contribution in [1.82, 2.24) is 19.3 Å². The van der Waals surface area contributed by atoms with E-state index in [4.69, 9.17) is 5.73 Å². The maximum atomic E-state index is 5.79. The fourth-order valence-electron chi connectivity index (χ4n) is 2.23. The van der Waals surface area contributed by atoms with Gasteiger partial charge in [0.2, 0.25) is 0 Å². The summed E-state index contributed by atoms with van der Waals surface area (Å²) in [5, 5.41) is 3.34. The van der Waals surface area contributed by atoms with Crippen molar-refractivity contribution in [2.45, 2.75) is 0 Å². The number of anilines is 2. The molecule has 0 atom stereocenters. The van der Waals surface area contributed by atoms with E-state index < -0.39 is 0 Å². The molecular weight excluding hydrogens is 260 g/mol. The molecule has 102 valence electrons. The molecule has 0 spiro atoms. The van der Waals surface area contributed by atoms with Crippen molar-refractivity contribution in [3.05, 3.63) is 18.6 Å². The van der Waals surface area contributed by atoms with Gasteiger partial charge in [0, 0.05) is 50.1 Å². The van der Waals surface area contributed by atoms with Gasteiger partial charge in [-0.15, -0.1) is 0 Å². The third kappa shape index (κ3) is 2.93. The van der Waals surface area contributed by atoms with Crippen LogP contribution in [0.15, 0.2) is 18.6 Å². The summed E-state index contributed by atoms with van der Waals surface area (Å²) in [5.74, 6) is 3.74. The standard InChI is InChI=1S/C12H18N6S/c13-10-9-18-4-2-15-12(18)11(16-10)14-1-3-17-5-7-19-8-6-17/h2,4,9H,1,3,5-8,13H2,(H,14,16). The maximum absolute atomic E-state index is 5.79. The second-order valence-corrected chi connectivity index (χ2v) is 5.78. The summed E-state index contributed by atoms with van der Waals surface area (Å²) in [5.41, 5.74) is 6.61. The molecule has 0 radical (unpaired) electrons. The van der Waals surface area contributed by atoms with Crippen LogP contribution in [0.4, 0.5) is 11.6 Å². The van der Waals surface area contributed by atoms with Crippen molar-refractivity contribution in [3.8, 4) is 0 Å². The third-order valence-corrected chi connectivity index (χ3v) is 4.16. The van der Waals surface area contributed by atoms with E-state index in [0.29, 0.717) is 5.82 Å². The number of nitrogens with zero attached hydrogens (tertiary/aromatic N) is 4. The Hall–Kier alpha value is -1.47. The molecule has 0 amide bonds. The minimum absolute atomic E-state index is 0.502. The first kappa shape index (κ1) is 12.6. The Morgan fingerprint density at radius 3 is 3.05 bits per heavy atom. The minimum Gasteiger partial charge on any atom is -0.382 e. The summed E-state index contributed by atoms with van der Waals surface area (Å²) in [6, 6.07) is 0. The van der Waals surface area contributed by atoms with Gasteiger partial charge >= 0.3 is 0 Å². The SMILES string of the molecule is Nc1cn2ccnc2c(NCCN2CCSCC2)n1. The summed E-state index contributed by atoms with van der Waals surface area (Å²) in [6.07, 6.45) is 5.40. The third-order valence-electron chi connectivity index (χ3n) is 3.22. The Bertz CT molecular complexity index is 548. The van der Waals surface area contributed by atoms with Gasteiger partial charge in [-0.2, -0.15) is 11.8 Å². The van der Waals surface area contributed by atoms with E-state index >= 15 is 0 Å². The van der Waals surface area contributed by atoms with Crippen LogP contribution in [0.3, 0.4) is 0 Å². The lowest BCUT2D eigenvalue weighted by Crippen LogP contribution is -2.36. The molecule has 2 aromatic rings. The lowest BCUT2D eigenvalue weighted by molar-refractivity contribution is 0.314. The first-order valence-electron chi connectivity index (χ1n) is 6.46. The highest BCUT2D eigenvalue weighted by molar-refractivity contribution is 7.99. The average Bonchev–Trinajstić information content (AvgIpc) is 2.88. The molecule has 0 aliphatic carbocycles. The second-order valence-electron chi connectivity index (χ2n) is 4.55. The normalized spacial score (nSPS) is 16.8. The highest BCUT2D eigenvalue weighted by Gasteiger charge is 2.10. The summed E-state index contributed by atoms with van der Waals surface area (Å²) < 4.78 is 1.89. The van der Waals surface area contributed by atoms with Crippen molar-refractivity contribution >= 4 is 29.0 Å². The van der Waals surface area contributed by atoms with Crippen LogP contribution >= 0.6 is 11.8 Å². The summed E-state index contributed by atoms with van der Waals surface area (Å²) in [6.45, 7) is 4.25. The molecule has 3 heterocycles. The Morgan fingerprint density at radius 2 is 2.21 bits per heavy atom. The molecule has 0 unspecified atom stereocenters. The van der Waals surface area contributed by atoms with Crippen LogP contribution in [-0.4, -0.2) is 57.0 Å². The quantitative estimate of drug-likeness (QED) is 0.861. The molecule has 1 saturated heterocycles. The largest absolute Gasteiger partial charge is 0.382 e. The first-order chi connectivity index (χ1) is 9.33. The topological polar surface area (TPSA) is 71.5 Å². The number of rotatable bonds is 4. The van der Waals surface area contributed by atoms with Crippen LogP contribution in [0.25, 0.3) is 5.65 Å². The Morgan fingerprint density at radius 1 is 1.37 bits per heavy atom. The zero-order chi connectivity index (χ0) is 13.1. The van der Waals surface area contributed by atoms with Crippen LogP contribution in [0.2, 0.25) is 0 Å². The molecular formula is C12H18N6S. The van der Waals surface area contributed by atoms with Crippen molar-refractivity contribution in [2.75, 3.05) is 48.7 Å². The van der Waals surface area contributed by atoms with Crippen LogP contribution < -0.4 is 11.1 Å². The first-order valence-corrected chi connectivity index (χ1v) is 7.61. The van der Waals surface area contributed by atoms with Gasteiger partial charge in [-0.05, 0) is 0 Å². The number of imidazole rings is 1.